The highest BCUT2D eigenvalue weighted by molar-refractivity contribution is 6.04. The van der Waals surface area contributed by atoms with Crippen molar-refractivity contribution in [1.82, 2.24) is 9.88 Å². The molecule has 0 aliphatic carbocycles. The molecule has 0 unspecified atom stereocenters. The summed E-state index contributed by atoms with van der Waals surface area (Å²) in [5, 5.41) is 13.2. The highest BCUT2D eigenvalue weighted by Gasteiger charge is 2.13. The van der Waals surface area contributed by atoms with Gasteiger partial charge >= 0.3 is 0 Å². The number of para-hydroxylation sites is 2. The number of ether oxygens (including phenoxy) is 1. The van der Waals surface area contributed by atoms with Crippen molar-refractivity contribution in [3.63, 3.8) is 0 Å². The lowest BCUT2D eigenvalue weighted by molar-refractivity contribution is -0.117. The lowest BCUT2D eigenvalue weighted by Crippen LogP contribution is -2.23. The lowest BCUT2D eigenvalue weighted by atomic mass is 10.1. The van der Waals surface area contributed by atoms with Crippen LogP contribution in [0.4, 0.5) is 0 Å². The Morgan fingerprint density at radius 3 is 2.68 bits per heavy atom. The molecule has 1 N–H and O–H groups in total. The number of rotatable bonds is 8. The Bertz CT molecular complexity index is 1230. The summed E-state index contributed by atoms with van der Waals surface area (Å²) in [7, 11) is 0. The number of carbonyl (C=O) groups is 1. The minimum absolute atomic E-state index is 0.0370. The molecule has 4 aromatic rings. The molecule has 2 heterocycles. The van der Waals surface area contributed by atoms with E-state index in [2.05, 4.69) is 9.88 Å². The van der Waals surface area contributed by atoms with Crippen LogP contribution < -0.4 is 10.1 Å². The maximum Gasteiger partial charge on any atom is 0.262 e. The molecule has 0 fully saturated rings. The molecule has 6 heteroatoms. The van der Waals surface area contributed by atoms with Crippen LogP contribution in [0.1, 0.15) is 11.3 Å². The van der Waals surface area contributed by atoms with Gasteiger partial charge in [0.1, 0.15) is 29.8 Å². The monoisotopic (exact) mass is 411 g/mol. The fraction of sp³-hybridized carbons (Fsp3) is 0.120. The molecular formula is C25H21N3O3. The zero-order chi connectivity index (χ0) is 21.5. The predicted octanol–water partition coefficient (Wildman–Crippen LogP) is 4.54. The first-order valence-corrected chi connectivity index (χ1v) is 9.92. The van der Waals surface area contributed by atoms with Crippen molar-refractivity contribution in [1.29, 1.82) is 5.26 Å². The first kappa shape index (κ1) is 20.0. The van der Waals surface area contributed by atoms with E-state index in [1.165, 1.54) is 0 Å². The molecule has 0 atom stereocenters. The number of fused-ring (bicyclic) bond motifs is 1. The molecule has 1 amide bonds. The highest BCUT2D eigenvalue weighted by Crippen LogP contribution is 2.24. The van der Waals surface area contributed by atoms with Crippen molar-refractivity contribution in [3.8, 4) is 11.8 Å². The molecule has 0 radical (unpaired) electrons. The number of nitrogens with one attached hydrogen (secondary N) is 1. The van der Waals surface area contributed by atoms with Crippen LogP contribution in [0.15, 0.2) is 89.2 Å². The number of hydrogen-bond donors (Lipinski definition) is 1. The van der Waals surface area contributed by atoms with Crippen molar-refractivity contribution in [3.05, 3.63) is 96.1 Å². The van der Waals surface area contributed by atoms with Crippen molar-refractivity contribution in [2.75, 3.05) is 6.61 Å². The van der Waals surface area contributed by atoms with Gasteiger partial charge in [0.2, 0.25) is 0 Å². The lowest BCUT2D eigenvalue weighted by Gasteiger charge is -2.08. The van der Waals surface area contributed by atoms with Crippen LogP contribution in [0.5, 0.6) is 5.75 Å². The minimum atomic E-state index is -0.442. The van der Waals surface area contributed by atoms with Crippen molar-refractivity contribution >= 4 is 22.9 Å². The summed E-state index contributed by atoms with van der Waals surface area (Å²) < 4.78 is 13.1. The molecule has 0 aliphatic heterocycles. The van der Waals surface area contributed by atoms with Gasteiger partial charge in [-0.1, -0.05) is 36.4 Å². The molecular weight excluding hydrogens is 390 g/mol. The van der Waals surface area contributed by atoms with Crippen LogP contribution in [0, 0.1) is 11.3 Å². The Labute approximate surface area is 180 Å². The Hall–Kier alpha value is -4.24. The van der Waals surface area contributed by atoms with Gasteiger partial charge in [0, 0.05) is 22.7 Å². The normalized spacial score (nSPS) is 11.3. The largest absolute Gasteiger partial charge is 0.492 e. The van der Waals surface area contributed by atoms with Crippen LogP contribution in [-0.2, 0) is 17.9 Å². The van der Waals surface area contributed by atoms with Gasteiger partial charge < -0.3 is 19.0 Å². The fourth-order valence-corrected chi connectivity index (χ4v) is 3.33. The van der Waals surface area contributed by atoms with E-state index >= 15 is 0 Å². The first-order valence-electron chi connectivity index (χ1n) is 9.92. The fourth-order valence-electron chi connectivity index (χ4n) is 3.33. The Morgan fingerprint density at radius 2 is 1.90 bits per heavy atom. The van der Waals surface area contributed by atoms with E-state index in [9.17, 15) is 10.1 Å². The van der Waals surface area contributed by atoms with Gasteiger partial charge in [0.05, 0.1) is 19.4 Å². The van der Waals surface area contributed by atoms with E-state index in [0.29, 0.717) is 18.9 Å². The number of benzene rings is 2. The third kappa shape index (κ3) is 4.85. The average molecular weight is 411 g/mol. The van der Waals surface area contributed by atoms with Crippen LogP contribution >= 0.6 is 0 Å². The van der Waals surface area contributed by atoms with Crippen molar-refractivity contribution < 1.29 is 13.9 Å². The second-order valence-electron chi connectivity index (χ2n) is 6.89. The van der Waals surface area contributed by atoms with E-state index < -0.39 is 5.91 Å². The van der Waals surface area contributed by atoms with E-state index in [0.717, 1.165) is 22.2 Å². The number of amides is 1. The number of aromatic nitrogens is 1. The summed E-state index contributed by atoms with van der Waals surface area (Å²) in [4.78, 5) is 12.5. The Morgan fingerprint density at radius 1 is 1.10 bits per heavy atom. The third-order valence-electron chi connectivity index (χ3n) is 4.83. The van der Waals surface area contributed by atoms with E-state index in [-0.39, 0.29) is 12.1 Å². The second kappa shape index (κ2) is 9.51. The number of carbonyl (C=O) groups excluding carboxylic acids is 1. The van der Waals surface area contributed by atoms with E-state index in [1.807, 2.05) is 66.9 Å². The molecule has 0 spiro atoms. The summed E-state index contributed by atoms with van der Waals surface area (Å²) in [6.07, 6.45) is 5.10. The smallest absolute Gasteiger partial charge is 0.262 e. The molecule has 2 aromatic carbocycles. The quantitative estimate of drug-likeness (QED) is 0.341. The number of nitriles is 1. The topological polar surface area (TPSA) is 80.2 Å². The van der Waals surface area contributed by atoms with Crippen LogP contribution in [0.2, 0.25) is 0 Å². The summed E-state index contributed by atoms with van der Waals surface area (Å²) in [6.45, 7) is 1.36. The van der Waals surface area contributed by atoms with Crippen LogP contribution in [0.3, 0.4) is 0 Å². The molecule has 0 saturated heterocycles. The highest BCUT2D eigenvalue weighted by atomic mass is 16.5. The molecule has 154 valence electrons. The van der Waals surface area contributed by atoms with E-state index in [1.54, 1.807) is 24.5 Å². The van der Waals surface area contributed by atoms with Gasteiger partial charge in [-0.3, -0.25) is 4.79 Å². The van der Waals surface area contributed by atoms with Gasteiger partial charge in [-0.25, -0.2) is 0 Å². The van der Waals surface area contributed by atoms with Gasteiger partial charge in [0.25, 0.3) is 5.91 Å². The molecule has 31 heavy (non-hydrogen) atoms. The number of nitrogens with zero attached hydrogens (tertiary/aromatic N) is 2. The van der Waals surface area contributed by atoms with Gasteiger partial charge in [-0.05, 0) is 36.4 Å². The van der Waals surface area contributed by atoms with E-state index in [4.69, 9.17) is 9.15 Å². The SMILES string of the molecule is N#C/C(=C\c1cn(CCOc2ccccc2)c2ccccc12)C(=O)NCc1ccco1. The first-order chi connectivity index (χ1) is 15.2. The average Bonchev–Trinajstić information content (AvgIpc) is 3.45. The number of hydrogen-bond acceptors (Lipinski definition) is 4. The minimum Gasteiger partial charge on any atom is -0.492 e. The summed E-state index contributed by atoms with van der Waals surface area (Å²) in [5.74, 6) is 1.00. The van der Waals surface area contributed by atoms with Crippen LogP contribution in [-0.4, -0.2) is 17.1 Å². The Balaban J connectivity index is 1.52. The molecule has 4 rings (SSSR count). The maximum atomic E-state index is 12.5. The molecule has 6 nitrogen and oxygen atoms in total. The predicted molar refractivity (Wildman–Crippen MR) is 118 cm³/mol. The second-order valence-corrected chi connectivity index (χ2v) is 6.89. The summed E-state index contributed by atoms with van der Waals surface area (Å²) in [6, 6.07) is 23.1. The van der Waals surface area contributed by atoms with Gasteiger partial charge in [-0.2, -0.15) is 5.26 Å². The van der Waals surface area contributed by atoms with Crippen LogP contribution in [0.25, 0.3) is 17.0 Å². The summed E-state index contributed by atoms with van der Waals surface area (Å²) >= 11 is 0. The zero-order valence-electron chi connectivity index (χ0n) is 16.8. The van der Waals surface area contributed by atoms with Gasteiger partial charge in [0.15, 0.2) is 0 Å². The summed E-state index contributed by atoms with van der Waals surface area (Å²) in [5.41, 5.74) is 1.86. The molecule has 0 bridgehead atoms. The van der Waals surface area contributed by atoms with Gasteiger partial charge in [-0.15, -0.1) is 0 Å². The zero-order valence-corrected chi connectivity index (χ0v) is 16.8. The molecule has 0 saturated carbocycles. The standard InChI is InChI=1S/C25H21N3O3/c26-16-19(25(29)27-17-22-9-6-13-30-22)15-20-18-28(24-11-5-4-10-23(20)24)12-14-31-21-7-2-1-3-8-21/h1-11,13,15,18H,12,14,17H2,(H,27,29)/b19-15+. The number of furan rings is 1. The Kier molecular flexibility index (Phi) is 6.15. The van der Waals surface area contributed by atoms with Crippen molar-refractivity contribution in [2.24, 2.45) is 0 Å². The third-order valence-corrected chi connectivity index (χ3v) is 4.83. The molecule has 2 aromatic heterocycles. The van der Waals surface area contributed by atoms with Crippen molar-refractivity contribution in [2.45, 2.75) is 13.1 Å². The molecule has 0 aliphatic rings. The maximum absolute atomic E-state index is 12.5.